The fourth-order valence-electron chi connectivity index (χ4n) is 2.01. The highest BCUT2D eigenvalue weighted by atomic mass is 16.7. The fourth-order valence-corrected chi connectivity index (χ4v) is 2.01. The van der Waals surface area contributed by atoms with Gasteiger partial charge >= 0.3 is 0 Å². The highest BCUT2D eigenvalue weighted by molar-refractivity contribution is 5.79. The fraction of sp³-hybridized carbons (Fsp3) is 0.462. The number of aliphatic hydroxyl groups is 4. The second kappa shape index (κ2) is 6.37. The molecule has 0 spiro atoms. The largest absolute Gasteiger partial charge is 0.508 e. The lowest BCUT2D eigenvalue weighted by Gasteiger charge is -2.39. The summed E-state index contributed by atoms with van der Waals surface area (Å²) >= 11 is 0. The van der Waals surface area contributed by atoms with Crippen LogP contribution in [0.3, 0.4) is 0 Å². The van der Waals surface area contributed by atoms with Gasteiger partial charge in [-0.3, -0.25) is 4.79 Å². The first-order chi connectivity index (χ1) is 9.97. The van der Waals surface area contributed by atoms with Crippen molar-refractivity contribution in [3.8, 4) is 11.5 Å². The van der Waals surface area contributed by atoms with E-state index in [9.17, 15) is 25.2 Å². The Kier molecular flexibility index (Phi) is 4.76. The molecule has 0 unspecified atom stereocenters. The molecule has 0 bridgehead atoms. The molecule has 1 heterocycles. The van der Waals surface area contributed by atoms with Crippen LogP contribution in [0, 0.1) is 0 Å². The van der Waals surface area contributed by atoms with Crippen molar-refractivity contribution in [1.82, 2.24) is 0 Å². The average molecular weight is 300 g/mol. The summed E-state index contributed by atoms with van der Waals surface area (Å²) < 4.78 is 10.4. The number of rotatable bonds is 4. The zero-order valence-corrected chi connectivity index (χ0v) is 10.9. The standard InChI is InChI=1S/C13H16O8/c14-4-6-1-2-7(16)3-8(6)20-13-12(19)11(18)10(17)9(5-15)21-13/h1-4,9-13,15-19H,5H2/t9-,10-,11-,12-,13-/m1/s1. The summed E-state index contributed by atoms with van der Waals surface area (Å²) in [6.07, 6.45) is -6.73. The number of aromatic hydroxyl groups is 1. The summed E-state index contributed by atoms with van der Waals surface area (Å²) in [6.45, 7) is -0.592. The summed E-state index contributed by atoms with van der Waals surface area (Å²) in [7, 11) is 0. The smallest absolute Gasteiger partial charge is 0.229 e. The molecule has 0 saturated carbocycles. The molecule has 0 aliphatic carbocycles. The van der Waals surface area contributed by atoms with E-state index in [0.29, 0.717) is 6.29 Å². The van der Waals surface area contributed by atoms with E-state index in [1.54, 1.807) is 0 Å². The summed E-state index contributed by atoms with van der Waals surface area (Å²) in [5.41, 5.74) is 0.102. The minimum Gasteiger partial charge on any atom is -0.508 e. The number of carbonyl (C=O) groups excluding carboxylic acids is 1. The van der Waals surface area contributed by atoms with Crippen molar-refractivity contribution < 1.29 is 39.8 Å². The van der Waals surface area contributed by atoms with Gasteiger partial charge in [0.15, 0.2) is 6.29 Å². The maximum Gasteiger partial charge on any atom is 0.229 e. The third-order valence-corrected chi connectivity index (χ3v) is 3.22. The number of aldehydes is 1. The first kappa shape index (κ1) is 15.7. The van der Waals surface area contributed by atoms with E-state index in [0.717, 1.165) is 6.07 Å². The van der Waals surface area contributed by atoms with Gasteiger partial charge in [-0.05, 0) is 12.1 Å². The van der Waals surface area contributed by atoms with Gasteiger partial charge in [0.1, 0.15) is 35.9 Å². The first-order valence-corrected chi connectivity index (χ1v) is 6.23. The summed E-state index contributed by atoms with van der Waals surface area (Å²) in [5, 5.41) is 47.6. The number of carbonyl (C=O) groups is 1. The number of phenolic OH excluding ortho intramolecular Hbond substituents is 1. The van der Waals surface area contributed by atoms with Crippen LogP contribution in [-0.2, 0) is 4.74 Å². The predicted molar refractivity (Wildman–Crippen MR) is 67.9 cm³/mol. The predicted octanol–water partition coefficient (Wildman–Crippen LogP) is -1.62. The van der Waals surface area contributed by atoms with Gasteiger partial charge in [-0.1, -0.05) is 0 Å². The van der Waals surface area contributed by atoms with Gasteiger partial charge in [0.2, 0.25) is 6.29 Å². The van der Waals surface area contributed by atoms with Crippen molar-refractivity contribution in [3.63, 3.8) is 0 Å². The molecule has 0 aromatic heterocycles. The van der Waals surface area contributed by atoms with E-state index < -0.39 is 37.3 Å². The minimum absolute atomic E-state index is 0.0608. The molecule has 5 atom stereocenters. The molecule has 0 amide bonds. The van der Waals surface area contributed by atoms with Crippen molar-refractivity contribution in [1.29, 1.82) is 0 Å². The molecule has 8 nitrogen and oxygen atoms in total. The zero-order valence-electron chi connectivity index (χ0n) is 10.9. The van der Waals surface area contributed by atoms with Crippen molar-refractivity contribution in [2.24, 2.45) is 0 Å². The quantitative estimate of drug-likeness (QED) is 0.419. The van der Waals surface area contributed by atoms with Crippen molar-refractivity contribution in [2.45, 2.75) is 30.7 Å². The van der Waals surface area contributed by atoms with Crippen LogP contribution in [0.1, 0.15) is 10.4 Å². The van der Waals surface area contributed by atoms with Crippen LogP contribution in [-0.4, -0.2) is 69.1 Å². The zero-order chi connectivity index (χ0) is 15.6. The van der Waals surface area contributed by atoms with Gasteiger partial charge in [-0.15, -0.1) is 0 Å². The van der Waals surface area contributed by atoms with Crippen LogP contribution < -0.4 is 4.74 Å². The average Bonchev–Trinajstić information content (AvgIpc) is 2.48. The maximum atomic E-state index is 10.9. The summed E-state index contributed by atoms with van der Waals surface area (Å²) in [6, 6.07) is 3.73. The van der Waals surface area contributed by atoms with E-state index in [-0.39, 0.29) is 17.1 Å². The van der Waals surface area contributed by atoms with Crippen molar-refractivity contribution in [2.75, 3.05) is 6.61 Å². The third kappa shape index (κ3) is 3.14. The molecule has 5 N–H and O–H groups in total. The lowest BCUT2D eigenvalue weighted by atomic mass is 9.99. The molecule has 21 heavy (non-hydrogen) atoms. The van der Waals surface area contributed by atoms with Crippen LogP contribution in [0.15, 0.2) is 18.2 Å². The Morgan fingerprint density at radius 1 is 1.19 bits per heavy atom. The van der Waals surface area contributed by atoms with Gasteiger partial charge in [-0.2, -0.15) is 0 Å². The Hall–Kier alpha value is -1.71. The second-order valence-corrected chi connectivity index (χ2v) is 4.66. The van der Waals surface area contributed by atoms with Crippen molar-refractivity contribution in [3.05, 3.63) is 23.8 Å². The third-order valence-electron chi connectivity index (χ3n) is 3.22. The lowest BCUT2D eigenvalue weighted by Crippen LogP contribution is -2.60. The molecule has 1 fully saturated rings. The normalized spacial score (nSPS) is 32.7. The highest BCUT2D eigenvalue weighted by Crippen LogP contribution is 2.28. The maximum absolute atomic E-state index is 10.9. The number of hydrogen-bond donors (Lipinski definition) is 5. The van der Waals surface area contributed by atoms with Crippen LogP contribution in [0.2, 0.25) is 0 Å². The van der Waals surface area contributed by atoms with Gasteiger partial charge < -0.3 is 35.0 Å². The van der Waals surface area contributed by atoms with Crippen LogP contribution in [0.4, 0.5) is 0 Å². The Bertz CT molecular complexity index is 503. The van der Waals surface area contributed by atoms with Gasteiger partial charge in [0.25, 0.3) is 0 Å². The van der Waals surface area contributed by atoms with E-state index in [1.165, 1.54) is 12.1 Å². The molecule has 116 valence electrons. The Morgan fingerprint density at radius 3 is 2.52 bits per heavy atom. The highest BCUT2D eigenvalue weighted by Gasteiger charge is 2.44. The Morgan fingerprint density at radius 2 is 1.90 bits per heavy atom. The van der Waals surface area contributed by atoms with E-state index in [1.807, 2.05) is 0 Å². The molecule has 1 saturated heterocycles. The van der Waals surface area contributed by atoms with Crippen molar-refractivity contribution >= 4 is 6.29 Å². The monoisotopic (exact) mass is 300 g/mol. The van der Waals surface area contributed by atoms with Gasteiger partial charge in [0, 0.05) is 6.07 Å². The molecule has 1 aliphatic rings. The van der Waals surface area contributed by atoms with Crippen LogP contribution in [0.5, 0.6) is 11.5 Å². The lowest BCUT2D eigenvalue weighted by molar-refractivity contribution is -0.277. The number of benzene rings is 1. The van der Waals surface area contributed by atoms with Gasteiger partial charge in [-0.25, -0.2) is 0 Å². The molecule has 1 aromatic rings. The second-order valence-electron chi connectivity index (χ2n) is 4.66. The van der Waals surface area contributed by atoms with Crippen LogP contribution >= 0.6 is 0 Å². The SMILES string of the molecule is O=Cc1ccc(O)cc1O[C@@H]1O[C@H](CO)[C@@H](O)[C@@H](O)[C@H]1O. The molecular weight excluding hydrogens is 284 g/mol. The summed E-state index contributed by atoms with van der Waals surface area (Å²) in [5.74, 6) is -0.227. The first-order valence-electron chi connectivity index (χ1n) is 6.23. The number of phenols is 1. The topological polar surface area (TPSA) is 137 Å². The minimum atomic E-state index is -1.59. The molecule has 8 heteroatoms. The van der Waals surface area contributed by atoms with Crippen LogP contribution in [0.25, 0.3) is 0 Å². The molecular formula is C13H16O8. The number of hydrogen-bond acceptors (Lipinski definition) is 8. The molecule has 2 rings (SSSR count). The Labute approximate surface area is 119 Å². The number of aliphatic hydroxyl groups excluding tert-OH is 4. The van der Waals surface area contributed by atoms with Gasteiger partial charge in [0.05, 0.1) is 12.2 Å². The molecule has 1 aliphatic heterocycles. The molecule has 1 aromatic carbocycles. The summed E-state index contributed by atoms with van der Waals surface area (Å²) in [4.78, 5) is 10.9. The number of ether oxygens (including phenoxy) is 2. The molecule has 0 radical (unpaired) electrons. The van der Waals surface area contributed by atoms with E-state index in [2.05, 4.69) is 0 Å². The van der Waals surface area contributed by atoms with E-state index in [4.69, 9.17) is 14.6 Å². The Balaban J connectivity index is 2.22. The van der Waals surface area contributed by atoms with E-state index >= 15 is 0 Å².